The van der Waals surface area contributed by atoms with Crippen molar-refractivity contribution in [2.24, 2.45) is 5.92 Å². The number of amides is 2. The van der Waals surface area contributed by atoms with Gasteiger partial charge in [-0.1, -0.05) is 11.6 Å². The Hall–Kier alpha value is -1.85. The van der Waals surface area contributed by atoms with Crippen LogP contribution in [0.4, 0.5) is 5.69 Å². The highest BCUT2D eigenvalue weighted by molar-refractivity contribution is 7.14. The highest BCUT2D eigenvalue weighted by Gasteiger charge is 2.28. The summed E-state index contributed by atoms with van der Waals surface area (Å²) in [5.41, 5.74) is 2.88. The van der Waals surface area contributed by atoms with Gasteiger partial charge >= 0.3 is 0 Å². The fourth-order valence-corrected chi connectivity index (χ4v) is 4.53. The van der Waals surface area contributed by atoms with Crippen molar-refractivity contribution in [1.82, 2.24) is 4.90 Å². The van der Waals surface area contributed by atoms with Crippen molar-refractivity contribution in [3.63, 3.8) is 0 Å². The third kappa shape index (κ3) is 3.88. The van der Waals surface area contributed by atoms with Crippen LogP contribution in [0.1, 0.15) is 32.1 Å². The Kier molecular flexibility index (Phi) is 5.16. The number of benzene rings is 1. The molecule has 0 saturated heterocycles. The molecule has 6 heteroatoms. The normalized spacial score (nSPS) is 16.2. The van der Waals surface area contributed by atoms with Crippen LogP contribution in [0.15, 0.2) is 24.3 Å². The Morgan fingerprint density at radius 2 is 2.04 bits per heavy atom. The smallest absolute Gasteiger partial charge is 0.263 e. The summed E-state index contributed by atoms with van der Waals surface area (Å²) in [6.07, 6.45) is 2.34. The maximum atomic E-state index is 12.6. The van der Waals surface area contributed by atoms with Crippen molar-refractivity contribution in [2.45, 2.75) is 26.2 Å². The molecule has 2 amide bonds. The van der Waals surface area contributed by atoms with Gasteiger partial charge in [-0.2, -0.15) is 0 Å². The first-order chi connectivity index (χ1) is 11.8. The summed E-state index contributed by atoms with van der Waals surface area (Å²) in [4.78, 5) is 28.4. The van der Waals surface area contributed by atoms with E-state index in [2.05, 4.69) is 5.32 Å². The molecular formula is C19H21ClN2O2S. The van der Waals surface area contributed by atoms with E-state index in [0.29, 0.717) is 11.4 Å². The van der Waals surface area contributed by atoms with Gasteiger partial charge < -0.3 is 10.2 Å². The predicted octanol–water partition coefficient (Wildman–Crippen LogP) is 4.16. The molecule has 0 fully saturated rings. The summed E-state index contributed by atoms with van der Waals surface area (Å²) in [5.74, 6) is -0.0144. The van der Waals surface area contributed by atoms with Crippen molar-refractivity contribution < 1.29 is 9.59 Å². The van der Waals surface area contributed by atoms with Crippen LogP contribution in [0.3, 0.4) is 0 Å². The Morgan fingerprint density at radius 3 is 2.72 bits per heavy atom. The third-order valence-electron chi connectivity index (χ3n) is 4.52. The van der Waals surface area contributed by atoms with Gasteiger partial charge in [0.1, 0.15) is 0 Å². The minimum absolute atomic E-state index is 0.0252. The van der Waals surface area contributed by atoms with Gasteiger partial charge in [-0.3, -0.25) is 9.59 Å². The van der Waals surface area contributed by atoms with E-state index in [4.69, 9.17) is 11.6 Å². The van der Waals surface area contributed by atoms with Gasteiger partial charge in [-0.25, -0.2) is 0 Å². The number of rotatable bonds is 3. The standard InChI is InChI=1S/C19H21ClN2O2S/c1-11-8-14(20)5-6-15(11)21-18(23)12-4-7-16-13(9-12)10-17(25-16)19(24)22(2)3/h5-6,8,10,12H,4,7,9H2,1-3H3,(H,21,23). The number of nitrogens with zero attached hydrogens (tertiary/aromatic N) is 1. The van der Waals surface area contributed by atoms with Crippen LogP contribution in [-0.4, -0.2) is 30.8 Å². The zero-order chi connectivity index (χ0) is 18.1. The van der Waals surface area contributed by atoms with E-state index >= 15 is 0 Å². The van der Waals surface area contributed by atoms with Crippen molar-refractivity contribution in [3.05, 3.63) is 50.2 Å². The largest absolute Gasteiger partial charge is 0.344 e. The molecule has 0 bridgehead atoms. The first-order valence-corrected chi connectivity index (χ1v) is 9.45. The molecule has 1 aliphatic rings. The number of aryl methyl sites for hydroxylation is 2. The monoisotopic (exact) mass is 376 g/mol. The second kappa shape index (κ2) is 7.18. The predicted molar refractivity (Wildman–Crippen MR) is 103 cm³/mol. The van der Waals surface area contributed by atoms with Crippen LogP contribution in [0, 0.1) is 12.8 Å². The average molecular weight is 377 g/mol. The molecule has 1 aromatic carbocycles. The number of thiophene rings is 1. The van der Waals surface area contributed by atoms with E-state index in [0.717, 1.165) is 34.5 Å². The van der Waals surface area contributed by atoms with Gasteiger partial charge in [-0.05, 0) is 61.6 Å². The Morgan fingerprint density at radius 1 is 1.28 bits per heavy atom. The zero-order valence-corrected chi connectivity index (χ0v) is 16.1. The zero-order valence-electron chi connectivity index (χ0n) is 14.6. The summed E-state index contributed by atoms with van der Waals surface area (Å²) < 4.78 is 0. The van der Waals surface area contributed by atoms with Crippen LogP contribution >= 0.6 is 22.9 Å². The molecule has 1 aliphatic carbocycles. The van der Waals surface area contributed by atoms with Crippen molar-refractivity contribution in [2.75, 3.05) is 19.4 Å². The molecule has 1 aromatic heterocycles. The summed E-state index contributed by atoms with van der Waals surface area (Å²) >= 11 is 7.52. The number of anilines is 1. The molecule has 2 aromatic rings. The maximum absolute atomic E-state index is 12.6. The molecule has 4 nitrogen and oxygen atoms in total. The fraction of sp³-hybridized carbons (Fsp3) is 0.368. The quantitative estimate of drug-likeness (QED) is 0.874. The van der Waals surface area contributed by atoms with Crippen molar-refractivity contribution in [3.8, 4) is 0 Å². The molecule has 0 aliphatic heterocycles. The van der Waals surface area contributed by atoms with E-state index in [1.807, 2.05) is 25.1 Å². The summed E-state index contributed by atoms with van der Waals surface area (Å²) in [7, 11) is 3.51. The molecular weight excluding hydrogens is 356 g/mol. The van der Waals surface area contributed by atoms with E-state index in [9.17, 15) is 9.59 Å². The maximum Gasteiger partial charge on any atom is 0.263 e. The van der Waals surface area contributed by atoms with E-state index in [1.54, 1.807) is 36.4 Å². The topological polar surface area (TPSA) is 49.4 Å². The summed E-state index contributed by atoms with van der Waals surface area (Å²) in [6.45, 7) is 1.93. The van der Waals surface area contributed by atoms with Gasteiger partial charge in [0.15, 0.2) is 0 Å². The van der Waals surface area contributed by atoms with Crippen LogP contribution in [0.25, 0.3) is 0 Å². The Balaban J connectivity index is 1.71. The molecule has 0 saturated carbocycles. The lowest BCUT2D eigenvalue weighted by Gasteiger charge is -2.21. The SMILES string of the molecule is Cc1cc(Cl)ccc1NC(=O)C1CCc2sc(C(=O)N(C)C)cc2C1. The average Bonchev–Trinajstić information content (AvgIpc) is 2.99. The number of carbonyl (C=O) groups excluding carboxylic acids is 2. The molecule has 0 radical (unpaired) electrons. The lowest BCUT2D eigenvalue weighted by molar-refractivity contribution is -0.120. The number of halogens is 1. The first-order valence-electron chi connectivity index (χ1n) is 8.25. The van der Waals surface area contributed by atoms with Crippen molar-refractivity contribution in [1.29, 1.82) is 0 Å². The number of carbonyl (C=O) groups is 2. The van der Waals surface area contributed by atoms with Gasteiger partial charge in [-0.15, -0.1) is 11.3 Å². The Labute approximate surface area is 156 Å². The third-order valence-corrected chi connectivity index (χ3v) is 5.98. The number of hydrogen-bond donors (Lipinski definition) is 1. The molecule has 0 spiro atoms. The Bertz CT molecular complexity index is 829. The fourth-order valence-electron chi connectivity index (χ4n) is 3.08. The van der Waals surface area contributed by atoms with Gasteiger partial charge in [0.2, 0.25) is 5.91 Å². The molecule has 1 unspecified atom stereocenters. The second-order valence-electron chi connectivity index (χ2n) is 6.65. The molecule has 25 heavy (non-hydrogen) atoms. The number of nitrogens with one attached hydrogen (secondary N) is 1. The van der Waals surface area contributed by atoms with Crippen LogP contribution in [-0.2, 0) is 17.6 Å². The minimum atomic E-state index is -0.0699. The lowest BCUT2D eigenvalue weighted by atomic mass is 9.87. The van der Waals surface area contributed by atoms with Gasteiger partial charge in [0.05, 0.1) is 4.88 Å². The van der Waals surface area contributed by atoms with Crippen LogP contribution in [0.5, 0.6) is 0 Å². The highest BCUT2D eigenvalue weighted by atomic mass is 35.5. The highest BCUT2D eigenvalue weighted by Crippen LogP contribution is 2.33. The van der Waals surface area contributed by atoms with Gasteiger partial charge in [0, 0.05) is 35.6 Å². The number of fused-ring (bicyclic) bond motifs is 1. The van der Waals surface area contributed by atoms with Crippen LogP contribution < -0.4 is 5.32 Å². The second-order valence-corrected chi connectivity index (χ2v) is 8.22. The van der Waals surface area contributed by atoms with E-state index in [-0.39, 0.29) is 17.7 Å². The van der Waals surface area contributed by atoms with E-state index < -0.39 is 0 Å². The lowest BCUT2D eigenvalue weighted by Crippen LogP contribution is -2.27. The summed E-state index contributed by atoms with van der Waals surface area (Å²) in [5, 5.41) is 3.68. The molecule has 132 valence electrons. The van der Waals surface area contributed by atoms with Gasteiger partial charge in [0.25, 0.3) is 5.91 Å². The minimum Gasteiger partial charge on any atom is -0.344 e. The molecule has 1 heterocycles. The molecule has 3 rings (SSSR count). The van der Waals surface area contributed by atoms with Crippen LogP contribution in [0.2, 0.25) is 5.02 Å². The molecule has 1 N–H and O–H groups in total. The first kappa shape index (κ1) is 18.0. The van der Waals surface area contributed by atoms with Crippen molar-refractivity contribution >= 4 is 40.4 Å². The van der Waals surface area contributed by atoms with E-state index in [1.165, 1.54) is 4.88 Å². The molecule has 1 atom stereocenters. The number of hydrogen-bond acceptors (Lipinski definition) is 3. The summed E-state index contributed by atoms with van der Waals surface area (Å²) in [6, 6.07) is 7.41.